The number of nitriles is 1. The summed E-state index contributed by atoms with van der Waals surface area (Å²) in [5.74, 6) is -0.557. The lowest BCUT2D eigenvalue weighted by molar-refractivity contribution is -0.132. The van der Waals surface area contributed by atoms with E-state index in [4.69, 9.17) is 0 Å². The van der Waals surface area contributed by atoms with E-state index in [0.29, 0.717) is 61.7 Å². The molecule has 1 aliphatic rings. The number of carbonyl (C=O) groups is 3. The Labute approximate surface area is 236 Å². The molecule has 12 heteroatoms. The average molecular weight is 564 g/mol. The molecule has 3 rings (SSSR count). The first kappa shape index (κ1) is 30.2. The zero-order chi connectivity index (χ0) is 29.1. The maximum atomic E-state index is 12.8. The normalized spacial score (nSPS) is 12.9. The lowest BCUT2D eigenvalue weighted by atomic mass is 10.2. The molecule has 0 bridgehead atoms. The van der Waals surface area contributed by atoms with E-state index in [1.165, 1.54) is 10.8 Å². The molecule has 11 nitrogen and oxygen atoms in total. The third-order valence-corrected chi connectivity index (χ3v) is 7.10. The van der Waals surface area contributed by atoms with Crippen LogP contribution < -0.4 is 30.7 Å². The molecular weight excluding hydrogens is 530 g/mol. The second kappa shape index (κ2) is 14.7. The smallest absolute Gasteiger partial charge is 0.277 e. The van der Waals surface area contributed by atoms with Crippen molar-refractivity contribution < 1.29 is 14.4 Å². The molecule has 3 N–H and O–H groups in total. The number of aromatic nitrogens is 1. The van der Waals surface area contributed by atoms with Crippen LogP contribution in [0.1, 0.15) is 27.2 Å². The summed E-state index contributed by atoms with van der Waals surface area (Å²) in [4.78, 5) is 53.1. The highest BCUT2D eigenvalue weighted by atomic mass is 32.1. The second-order valence-corrected chi connectivity index (χ2v) is 9.83. The van der Waals surface area contributed by atoms with Gasteiger partial charge in [0.05, 0.1) is 6.54 Å². The monoisotopic (exact) mass is 563 g/mol. The zero-order valence-corrected chi connectivity index (χ0v) is 23.7. The molecule has 1 saturated heterocycles. The molecule has 1 aromatic heterocycles. The molecule has 0 spiro atoms. The number of piperazine rings is 1. The summed E-state index contributed by atoms with van der Waals surface area (Å²) in [5, 5.41) is 17.8. The van der Waals surface area contributed by atoms with Gasteiger partial charge in [0.2, 0.25) is 11.8 Å². The Hall–Kier alpha value is -4.39. The van der Waals surface area contributed by atoms with Gasteiger partial charge in [-0.05, 0) is 32.0 Å². The number of hydrogen-bond acceptors (Lipinski definition) is 8. The van der Waals surface area contributed by atoms with Crippen LogP contribution in [0, 0.1) is 11.3 Å². The third-order valence-electron chi connectivity index (χ3n) is 6.09. The van der Waals surface area contributed by atoms with E-state index in [-0.39, 0.29) is 34.0 Å². The molecule has 210 valence electrons. The Kier molecular flexibility index (Phi) is 11.1. The lowest BCUT2D eigenvalue weighted by Gasteiger charge is -2.34. The number of amides is 3. The van der Waals surface area contributed by atoms with Crippen molar-refractivity contribution in [1.82, 2.24) is 19.7 Å². The maximum Gasteiger partial charge on any atom is 0.277 e. The van der Waals surface area contributed by atoms with E-state index in [9.17, 15) is 24.4 Å². The first-order valence-electron chi connectivity index (χ1n) is 13.1. The number of thiazole rings is 1. The predicted octanol–water partition coefficient (Wildman–Crippen LogP) is 0.393. The van der Waals surface area contributed by atoms with Gasteiger partial charge in [-0.2, -0.15) is 5.26 Å². The number of rotatable bonds is 9. The van der Waals surface area contributed by atoms with Crippen molar-refractivity contribution in [2.75, 3.05) is 49.9 Å². The van der Waals surface area contributed by atoms with Gasteiger partial charge in [0.25, 0.3) is 11.5 Å². The predicted molar refractivity (Wildman–Crippen MR) is 155 cm³/mol. The van der Waals surface area contributed by atoms with Crippen molar-refractivity contribution in [3.63, 3.8) is 0 Å². The quantitative estimate of drug-likeness (QED) is 0.296. The summed E-state index contributed by atoms with van der Waals surface area (Å²) in [5.41, 5.74) is 6.47. The van der Waals surface area contributed by atoms with E-state index in [1.54, 1.807) is 32.0 Å². The number of anilines is 2. The minimum absolute atomic E-state index is 0.134. The molecule has 1 aliphatic heterocycles. The number of likely N-dealkylation sites (N-methyl/N-ethyl adjacent to an activating group) is 1. The van der Waals surface area contributed by atoms with Crippen molar-refractivity contribution >= 4 is 51.9 Å². The van der Waals surface area contributed by atoms with E-state index in [0.717, 1.165) is 11.3 Å². The highest BCUT2D eigenvalue weighted by Crippen LogP contribution is 2.15. The fraction of sp³-hybridized carbons (Fsp3) is 0.393. The summed E-state index contributed by atoms with van der Waals surface area (Å²) in [6.07, 6.45) is 1.98. The summed E-state index contributed by atoms with van der Waals surface area (Å²) in [6.45, 7) is 8.89. The van der Waals surface area contributed by atoms with Crippen LogP contribution >= 0.6 is 11.3 Å². The molecule has 0 radical (unpaired) electrons. The Balaban J connectivity index is 1.71. The van der Waals surface area contributed by atoms with Gasteiger partial charge in [0.15, 0.2) is 5.57 Å². The van der Waals surface area contributed by atoms with Crippen LogP contribution in [0.15, 0.2) is 40.8 Å². The van der Waals surface area contributed by atoms with E-state index in [2.05, 4.69) is 27.4 Å². The van der Waals surface area contributed by atoms with Crippen molar-refractivity contribution in [2.24, 2.45) is 0 Å². The first-order valence-corrected chi connectivity index (χ1v) is 13.9. The first-order chi connectivity index (χ1) is 19.3. The molecule has 1 fully saturated rings. The molecular formula is C28H33N7O4S. The van der Waals surface area contributed by atoms with Gasteiger partial charge in [-0.15, -0.1) is 0 Å². The zero-order valence-electron chi connectivity index (χ0n) is 22.9. The molecule has 2 heterocycles. The van der Waals surface area contributed by atoms with E-state index >= 15 is 0 Å². The SMILES string of the molecule is CCNC(=O)C(=C=c1sc(=C=CNc2cccc(NC(=O)CN3CCN(C(=O)CC)CC3)c2)c(=O)n1CC)C#N. The standard InChI is InChI=1S/C28H33N7O4S/c1-4-25(37)34-14-12-33(13-15-34)19-24(36)32-22-9-7-8-21(17-22)31-11-10-23-28(39)35(6-3)26(40-23)16-20(18-29)27(38)30-5-2/h7-9,11,17,31H,4-6,12-15,19H2,1-3H3,(H,30,38)(H,32,36). The number of nitrogens with one attached hydrogen (secondary N) is 3. The Bertz CT molecular complexity index is 1550. The summed E-state index contributed by atoms with van der Waals surface area (Å²) < 4.78 is 2.07. The fourth-order valence-corrected chi connectivity index (χ4v) is 5.01. The lowest BCUT2D eigenvalue weighted by Crippen LogP contribution is -2.50. The Morgan fingerprint density at radius 3 is 2.48 bits per heavy atom. The van der Waals surface area contributed by atoms with E-state index < -0.39 is 5.91 Å². The topological polar surface area (TPSA) is 140 Å². The minimum atomic E-state index is -0.547. The third kappa shape index (κ3) is 8.06. The van der Waals surface area contributed by atoms with Crippen LogP contribution in [-0.4, -0.2) is 71.4 Å². The molecule has 0 aliphatic carbocycles. The highest BCUT2D eigenvalue weighted by Gasteiger charge is 2.21. The van der Waals surface area contributed by atoms with Crippen molar-refractivity contribution in [1.29, 1.82) is 5.26 Å². The Morgan fingerprint density at radius 1 is 1.10 bits per heavy atom. The van der Waals surface area contributed by atoms with Crippen LogP contribution in [0.3, 0.4) is 0 Å². The maximum absolute atomic E-state index is 12.8. The Morgan fingerprint density at radius 2 is 1.82 bits per heavy atom. The number of carbonyl (C=O) groups excluding carboxylic acids is 3. The molecule has 0 saturated carbocycles. The van der Waals surface area contributed by atoms with Crippen molar-refractivity contribution in [3.8, 4) is 6.07 Å². The average Bonchev–Trinajstić information content (AvgIpc) is 3.25. The minimum Gasteiger partial charge on any atom is -0.355 e. The molecule has 0 atom stereocenters. The summed E-state index contributed by atoms with van der Waals surface area (Å²) >= 11 is 1.08. The van der Waals surface area contributed by atoms with Gasteiger partial charge in [0, 0.05) is 63.3 Å². The van der Waals surface area contributed by atoms with E-state index in [1.807, 2.05) is 28.9 Å². The number of benzene rings is 1. The van der Waals surface area contributed by atoms with Crippen LogP contribution in [0.2, 0.25) is 0 Å². The van der Waals surface area contributed by atoms with Crippen molar-refractivity contribution in [2.45, 2.75) is 33.7 Å². The number of hydrogen-bond donors (Lipinski definition) is 3. The van der Waals surface area contributed by atoms with Crippen LogP contribution in [-0.2, 0) is 20.9 Å². The van der Waals surface area contributed by atoms with Crippen LogP contribution in [0.25, 0.3) is 11.5 Å². The number of nitrogens with zero attached hydrogens (tertiary/aromatic N) is 4. The van der Waals surface area contributed by atoms with Gasteiger partial charge >= 0.3 is 0 Å². The molecule has 2 aromatic rings. The highest BCUT2D eigenvalue weighted by molar-refractivity contribution is 7.07. The van der Waals surface area contributed by atoms with Crippen LogP contribution in [0.5, 0.6) is 0 Å². The molecule has 40 heavy (non-hydrogen) atoms. The summed E-state index contributed by atoms with van der Waals surface area (Å²) in [6, 6.07) is 8.97. The van der Waals surface area contributed by atoms with Gasteiger partial charge in [-0.1, -0.05) is 35.8 Å². The van der Waals surface area contributed by atoms with Gasteiger partial charge < -0.3 is 20.9 Å². The fourth-order valence-electron chi connectivity index (χ4n) is 4.03. The van der Waals surface area contributed by atoms with Crippen LogP contribution in [0.4, 0.5) is 11.4 Å². The van der Waals surface area contributed by atoms with Gasteiger partial charge in [0.1, 0.15) is 15.3 Å². The molecule has 1 aromatic carbocycles. The molecule has 0 unspecified atom stereocenters. The van der Waals surface area contributed by atoms with Gasteiger partial charge in [-0.25, -0.2) is 0 Å². The molecule has 3 amide bonds. The van der Waals surface area contributed by atoms with Crippen molar-refractivity contribution in [3.05, 3.63) is 55.6 Å². The summed E-state index contributed by atoms with van der Waals surface area (Å²) in [7, 11) is 0. The van der Waals surface area contributed by atoms with Gasteiger partial charge in [-0.3, -0.25) is 28.6 Å². The largest absolute Gasteiger partial charge is 0.355 e. The second-order valence-electron chi connectivity index (χ2n) is 8.83.